The van der Waals surface area contributed by atoms with E-state index in [1.54, 1.807) is 12.4 Å². The summed E-state index contributed by atoms with van der Waals surface area (Å²) >= 11 is 0. The number of aromatic nitrogens is 1. The maximum absolute atomic E-state index is 10.9. The van der Waals surface area contributed by atoms with Crippen molar-refractivity contribution < 1.29 is 9.53 Å². The van der Waals surface area contributed by atoms with E-state index in [9.17, 15) is 4.79 Å². The summed E-state index contributed by atoms with van der Waals surface area (Å²) < 4.78 is 4.52. The first-order valence-corrected chi connectivity index (χ1v) is 4.78. The molecule has 0 unspecified atom stereocenters. The van der Waals surface area contributed by atoms with Crippen molar-refractivity contribution in [2.75, 3.05) is 13.7 Å². The van der Waals surface area contributed by atoms with Gasteiger partial charge >= 0.3 is 6.09 Å². The number of rotatable bonds is 3. The molecule has 0 aromatic carbocycles. The van der Waals surface area contributed by atoms with E-state index in [2.05, 4.69) is 15.0 Å². The van der Waals surface area contributed by atoms with Crippen LogP contribution in [0.15, 0.2) is 24.5 Å². The SMILES string of the molecule is COC(=O)NCC(C)(C)c1cccnc1. The molecule has 1 amide bonds. The Morgan fingerprint density at radius 1 is 1.60 bits per heavy atom. The molecule has 0 bridgehead atoms. The summed E-state index contributed by atoms with van der Waals surface area (Å²) in [6.07, 6.45) is 3.12. The van der Waals surface area contributed by atoms with Crippen molar-refractivity contribution in [3.05, 3.63) is 30.1 Å². The first kappa shape index (κ1) is 11.5. The van der Waals surface area contributed by atoms with E-state index in [1.165, 1.54) is 7.11 Å². The molecule has 1 rings (SSSR count). The highest BCUT2D eigenvalue weighted by Crippen LogP contribution is 2.20. The Bertz CT molecular complexity index is 323. The molecule has 15 heavy (non-hydrogen) atoms. The summed E-state index contributed by atoms with van der Waals surface area (Å²) in [5.74, 6) is 0. The van der Waals surface area contributed by atoms with Crippen molar-refractivity contribution in [2.45, 2.75) is 19.3 Å². The molecule has 4 nitrogen and oxygen atoms in total. The van der Waals surface area contributed by atoms with Gasteiger partial charge in [0.2, 0.25) is 0 Å². The van der Waals surface area contributed by atoms with Gasteiger partial charge in [0, 0.05) is 24.4 Å². The van der Waals surface area contributed by atoms with Crippen LogP contribution >= 0.6 is 0 Å². The predicted molar refractivity (Wildman–Crippen MR) is 57.7 cm³/mol. The lowest BCUT2D eigenvalue weighted by Gasteiger charge is -2.24. The minimum atomic E-state index is -0.410. The fourth-order valence-electron chi connectivity index (χ4n) is 1.23. The number of ether oxygens (including phenoxy) is 1. The van der Waals surface area contributed by atoms with Crippen molar-refractivity contribution in [3.63, 3.8) is 0 Å². The number of nitrogens with one attached hydrogen (secondary N) is 1. The second-order valence-electron chi connectivity index (χ2n) is 3.97. The largest absolute Gasteiger partial charge is 0.453 e. The Balaban J connectivity index is 2.63. The normalized spacial score (nSPS) is 10.9. The molecule has 4 heteroatoms. The van der Waals surface area contributed by atoms with Crippen molar-refractivity contribution in [3.8, 4) is 0 Å². The summed E-state index contributed by atoms with van der Waals surface area (Å²) in [4.78, 5) is 15.0. The Hall–Kier alpha value is -1.58. The molecular formula is C11H16N2O2. The second kappa shape index (κ2) is 4.77. The van der Waals surface area contributed by atoms with Crippen LogP contribution in [0.1, 0.15) is 19.4 Å². The third-order valence-corrected chi connectivity index (χ3v) is 2.30. The van der Waals surface area contributed by atoms with Gasteiger partial charge in [0.15, 0.2) is 0 Å². The third kappa shape index (κ3) is 3.23. The van der Waals surface area contributed by atoms with Crippen molar-refractivity contribution >= 4 is 6.09 Å². The zero-order valence-corrected chi connectivity index (χ0v) is 9.28. The van der Waals surface area contributed by atoms with E-state index in [-0.39, 0.29) is 5.41 Å². The molecule has 82 valence electrons. The van der Waals surface area contributed by atoms with Gasteiger partial charge in [0.25, 0.3) is 0 Å². The number of carbonyl (C=O) groups is 1. The van der Waals surface area contributed by atoms with Crippen molar-refractivity contribution in [2.24, 2.45) is 0 Å². The fourth-order valence-corrected chi connectivity index (χ4v) is 1.23. The Morgan fingerprint density at radius 2 is 2.33 bits per heavy atom. The molecule has 1 aromatic rings. The van der Waals surface area contributed by atoms with E-state index in [0.29, 0.717) is 6.54 Å². The van der Waals surface area contributed by atoms with Gasteiger partial charge in [-0.1, -0.05) is 19.9 Å². The van der Waals surface area contributed by atoms with Gasteiger partial charge in [-0.3, -0.25) is 4.98 Å². The summed E-state index contributed by atoms with van der Waals surface area (Å²) in [7, 11) is 1.35. The van der Waals surface area contributed by atoms with Crippen molar-refractivity contribution in [1.82, 2.24) is 10.3 Å². The van der Waals surface area contributed by atoms with E-state index < -0.39 is 6.09 Å². The zero-order chi connectivity index (χ0) is 11.3. The molecule has 1 heterocycles. The predicted octanol–water partition coefficient (Wildman–Crippen LogP) is 1.72. The number of alkyl carbamates (subject to hydrolysis) is 1. The molecule has 0 radical (unpaired) electrons. The number of pyridine rings is 1. The highest BCUT2D eigenvalue weighted by atomic mass is 16.5. The molecule has 1 aromatic heterocycles. The molecule has 0 atom stereocenters. The number of amides is 1. The van der Waals surface area contributed by atoms with E-state index in [4.69, 9.17) is 0 Å². The summed E-state index contributed by atoms with van der Waals surface area (Å²) in [5.41, 5.74) is 0.934. The molecule has 0 fully saturated rings. The molecule has 0 aliphatic carbocycles. The van der Waals surface area contributed by atoms with Gasteiger partial charge in [-0.25, -0.2) is 4.79 Å². The molecule has 0 saturated heterocycles. The quantitative estimate of drug-likeness (QED) is 0.822. The molecule has 0 spiro atoms. The number of carbonyl (C=O) groups excluding carboxylic acids is 1. The van der Waals surface area contributed by atoms with E-state index in [0.717, 1.165) is 5.56 Å². The van der Waals surface area contributed by atoms with Crippen LogP contribution in [0.4, 0.5) is 4.79 Å². The molecule has 1 N–H and O–H groups in total. The monoisotopic (exact) mass is 208 g/mol. The fraction of sp³-hybridized carbons (Fsp3) is 0.455. The van der Waals surface area contributed by atoms with Gasteiger partial charge in [-0.15, -0.1) is 0 Å². The average molecular weight is 208 g/mol. The van der Waals surface area contributed by atoms with Gasteiger partial charge in [-0.2, -0.15) is 0 Å². The van der Waals surface area contributed by atoms with Crippen LogP contribution in [0, 0.1) is 0 Å². The maximum atomic E-state index is 10.9. The molecular weight excluding hydrogens is 192 g/mol. The summed E-state index contributed by atoms with van der Waals surface area (Å²) in [6, 6.07) is 3.88. The van der Waals surface area contributed by atoms with Crippen LogP contribution in [0.2, 0.25) is 0 Å². The summed E-state index contributed by atoms with van der Waals surface area (Å²) in [6.45, 7) is 4.60. The lowest BCUT2D eigenvalue weighted by molar-refractivity contribution is 0.168. The van der Waals surface area contributed by atoms with Gasteiger partial charge in [0.05, 0.1) is 7.11 Å². The highest BCUT2D eigenvalue weighted by Gasteiger charge is 2.21. The van der Waals surface area contributed by atoms with Crippen LogP contribution in [0.5, 0.6) is 0 Å². The lowest BCUT2D eigenvalue weighted by Crippen LogP contribution is -2.36. The second-order valence-corrected chi connectivity index (χ2v) is 3.97. The Morgan fingerprint density at radius 3 is 2.87 bits per heavy atom. The van der Waals surface area contributed by atoms with E-state index in [1.807, 2.05) is 26.0 Å². The van der Waals surface area contributed by atoms with Crippen LogP contribution in [-0.2, 0) is 10.2 Å². The highest BCUT2D eigenvalue weighted by molar-refractivity contribution is 5.67. The van der Waals surface area contributed by atoms with Gasteiger partial charge in [-0.05, 0) is 11.6 Å². The zero-order valence-electron chi connectivity index (χ0n) is 9.28. The van der Waals surface area contributed by atoms with E-state index >= 15 is 0 Å². The average Bonchev–Trinajstić information content (AvgIpc) is 2.27. The first-order chi connectivity index (χ1) is 7.06. The van der Waals surface area contributed by atoms with Crippen LogP contribution in [0.3, 0.4) is 0 Å². The Labute approximate surface area is 89.7 Å². The maximum Gasteiger partial charge on any atom is 0.406 e. The van der Waals surface area contributed by atoms with Crippen LogP contribution < -0.4 is 5.32 Å². The standard InChI is InChI=1S/C11H16N2O2/c1-11(2,8-13-10(14)15-3)9-5-4-6-12-7-9/h4-7H,8H2,1-3H3,(H,13,14). The smallest absolute Gasteiger partial charge is 0.406 e. The molecule has 0 saturated carbocycles. The minimum absolute atomic E-state index is 0.150. The third-order valence-electron chi connectivity index (χ3n) is 2.30. The summed E-state index contributed by atoms with van der Waals surface area (Å²) in [5, 5.41) is 2.68. The number of methoxy groups -OCH3 is 1. The van der Waals surface area contributed by atoms with Gasteiger partial charge < -0.3 is 10.1 Å². The first-order valence-electron chi connectivity index (χ1n) is 4.78. The number of nitrogens with zero attached hydrogens (tertiary/aromatic N) is 1. The topological polar surface area (TPSA) is 51.2 Å². The van der Waals surface area contributed by atoms with Crippen LogP contribution in [0.25, 0.3) is 0 Å². The minimum Gasteiger partial charge on any atom is -0.453 e. The molecule has 0 aliphatic rings. The van der Waals surface area contributed by atoms with Crippen LogP contribution in [-0.4, -0.2) is 24.7 Å². The Kier molecular flexibility index (Phi) is 3.66. The number of hydrogen-bond donors (Lipinski definition) is 1. The molecule has 0 aliphatic heterocycles. The lowest BCUT2D eigenvalue weighted by atomic mass is 9.86. The van der Waals surface area contributed by atoms with Gasteiger partial charge in [0.1, 0.15) is 0 Å². The number of hydrogen-bond acceptors (Lipinski definition) is 3. The van der Waals surface area contributed by atoms with Crippen molar-refractivity contribution in [1.29, 1.82) is 0 Å².